The Balaban J connectivity index is 2.86. The lowest BCUT2D eigenvalue weighted by molar-refractivity contribution is -0.127. The third-order valence-electron chi connectivity index (χ3n) is 2.98. The van der Waals surface area contributed by atoms with Gasteiger partial charge >= 0.3 is 12.0 Å². The highest BCUT2D eigenvalue weighted by Gasteiger charge is 2.22. The van der Waals surface area contributed by atoms with Gasteiger partial charge in [0.2, 0.25) is 0 Å². The quantitative estimate of drug-likeness (QED) is 0.660. The smallest absolute Gasteiger partial charge is 0.339 e. The molecule has 25 heavy (non-hydrogen) atoms. The summed E-state index contributed by atoms with van der Waals surface area (Å²) in [4.78, 5) is 35.4. The van der Waals surface area contributed by atoms with Crippen LogP contribution in [-0.4, -0.2) is 44.3 Å². The second-order valence-electron chi connectivity index (χ2n) is 4.82. The average molecular weight is 417 g/mol. The van der Waals surface area contributed by atoms with Crippen LogP contribution in [0.5, 0.6) is 11.5 Å². The van der Waals surface area contributed by atoms with E-state index in [1.807, 2.05) is 0 Å². The Bertz CT molecular complexity index is 650. The van der Waals surface area contributed by atoms with Gasteiger partial charge < -0.3 is 19.5 Å². The molecule has 0 unspecified atom stereocenters. The molecule has 0 spiro atoms. The molecule has 0 heterocycles. The van der Waals surface area contributed by atoms with Crippen LogP contribution in [0.1, 0.15) is 31.1 Å². The third kappa shape index (κ3) is 5.93. The van der Waals surface area contributed by atoms with Crippen LogP contribution < -0.4 is 20.1 Å². The Morgan fingerprint density at radius 2 is 1.92 bits per heavy atom. The molecule has 3 amide bonds. The van der Waals surface area contributed by atoms with E-state index in [-0.39, 0.29) is 5.56 Å². The zero-order chi connectivity index (χ0) is 19.0. The number of imide groups is 1. The van der Waals surface area contributed by atoms with Crippen molar-refractivity contribution in [2.75, 3.05) is 20.3 Å². The van der Waals surface area contributed by atoms with E-state index in [4.69, 9.17) is 14.2 Å². The van der Waals surface area contributed by atoms with Gasteiger partial charge in [-0.05, 0) is 48.8 Å². The number of hydrogen-bond acceptors (Lipinski definition) is 6. The highest BCUT2D eigenvalue weighted by atomic mass is 79.9. The molecule has 138 valence electrons. The summed E-state index contributed by atoms with van der Waals surface area (Å²) in [6, 6.07) is 2.31. The molecule has 0 aliphatic carbocycles. The van der Waals surface area contributed by atoms with Gasteiger partial charge in [0.05, 0.1) is 23.8 Å². The van der Waals surface area contributed by atoms with Crippen molar-refractivity contribution in [3.05, 3.63) is 22.2 Å². The summed E-state index contributed by atoms with van der Waals surface area (Å²) >= 11 is 3.30. The van der Waals surface area contributed by atoms with Crippen molar-refractivity contribution in [3.8, 4) is 11.5 Å². The molecule has 0 aliphatic heterocycles. The molecule has 0 saturated heterocycles. The number of amides is 3. The molecule has 9 heteroatoms. The topological polar surface area (TPSA) is 103 Å². The van der Waals surface area contributed by atoms with E-state index in [9.17, 15) is 14.4 Å². The van der Waals surface area contributed by atoms with E-state index in [1.54, 1.807) is 13.8 Å². The second kappa shape index (κ2) is 9.87. The van der Waals surface area contributed by atoms with Crippen molar-refractivity contribution < 1.29 is 28.6 Å². The van der Waals surface area contributed by atoms with Gasteiger partial charge in [0.25, 0.3) is 5.91 Å². The lowest BCUT2D eigenvalue weighted by Gasteiger charge is -2.15. The summed E-state index contributed by atoms with van der Waals surface area (Å²) in [6.07, 6.45) is -1.15. The standard InChI is InChI=1S/C16H21BrN2O6/c1-5-18-16(22)19-14(20)9(3)25-15(21)10-7-11(17)13(23-4)12(8-10)24-6-2/h7-9H,5-6H2,1-4H3,(H2,18,19,20,22)/t9-/m1/s1. The molecule has 0 aromatic heterocycles. The molecular weight excluding hydrogens is 396 g/mol. The minimum Gasteiger partial charge on any atom is -0.492 e. The Morgan fingerprint density at radius 3 is 2.48 bits per heavy atom. The van der Waals surface area contributed by atoms with Crippen molar-refractivity contribution in [1.29, 1.82) is 0 Å². The van der Waals surface area contributed by atoms with E-state index < -0.39 is 24.0 Å². The summed E-state index contributed by atoms with van der Waals surface area (Å²) in [5.41, 5.74) is 0.175. The van der Waals surface area contributed by atoms with Crippen molar-refractivity contribution in [3.63, 3.8) is 0 Å². The highest BCUT2D eigenvalue weighted by molar-refractivity contribution is 9.10. The van der Waals surface area contributed by atoms with Crippen LogP contribution in [0.4, 0.5) is 4.79 Å². The Hall–Kier alpha value is -2.29. The minimum atomic E-state index is -1.15. The second-order valence-corrected chi connectivity index (χ2v) is 5.67. The Labute approximate surface area is 154 Å². The molecule has 2 N–H and O–H groups in total. The van der Waals surface area contributed by atoms with Gasteiger partial charge in [-0.15, -0.1) is 0 Å². The number of hydrogen-bond donors (Lipinski definition) is 2. The number of carbonyl (C=O) groups excluding carboxylic acids is 3. The molecule has 0 bridgehead atoms. The van der Waals surface area contributed by atoms with E-state index in [0.717, 1.165) is 0 Å². The van der Waals surface area contributed by atoms with Gasteiger partial charge in [-0.1, -0.05) is 0 Å². The number of benzene rings is 1. The predicted octanol–water partition coefficient (Wildman–Crippen LogP) is 2.25. The average Bonchev–Trinajstić information content (AvgIpc) is 2.54. The summed E-state index contributed by atoms with van der Waals surface area (Å²) in [5.74, 6) is -0.647. The van der Waals surface area contributed by atoms with Gasteiger partial charge in [0, 0.05) is 6.54 Å². The van der Waals surface area contributed by atoms with Gasteiger partial charge in [0.1, 0.15) is 0 Å². The number of carbonyl (C=O) groups is 3. The van der Waals surface area contributed by atoms with Crippen LogP contribution in [0, 0.1) is 0 Å². The number of halogens is 1. The minimum absolute atomic E-state index is 0.175. The molecule has 1 aromatic rings. The lowest BCUT2D eigenvalue weighted by Crippen LogP contribution is -2.44. The number of rotatable bonds is 7. The SMILES string of the molecule is CCNC(=O)NC(=O)[C@@H](C)OC(=O)c1cc(Br)c(OC)c(OCC)c1. The van der Waals surface area contributed by atoms with Crippen LogP contribution >= 0.6 is 15.9 Å². The van der Waals surface area contributed by atoms with Crippen LogP contribution in [-0.2, 0) is 9.53 Å². The Morgan fingerprint density at radius 1 is 1.24 bits per heavy atom. The first kappa shape index (κ1) is 20.8. The van der Waals surface area contributed by atoms with Crippen molar-refractivity contribution in [2.24, 2.45) is 0 Å². The summed E-state index contributed by atoms with van der Waals surface area (Å²) in [5, 5.41) is 4.49. The van der Waals surface area contributed by atoms with Crippen molar-refractivity contribution in [2.45, 2.75) is 26.9 Å². The first-order chi connectivity index (χ1) is 11.8. The molecule has 0 radical (unpaired) electrons. The fourth-order valence-corrected chi connectivity index (χ4v) is 2.45. The number of ether oxygens (including phenoxy) is 3. The zero-order valence-electron chi connectivity index (χ0n) is 14.5. The number of esters is 1. The zero-order valence-corrected chi connectivity index (χ0v) is 16.1. The molecule has 0 fully saturated rings. The van der Waals surface area contributed by atoms with Gasteiger partial charge in [0.15, 0.2) is 17.6 Å². The van der Waals surface area contributed by atoms with Gasteiger partial charge in [-0.3, -0.25) is 10.1 Å². The normalized spacial score (nSPS) is 11.2. The third-order valence-corrected chi connectivity index (χ3v) is 3.57. The maximum absolute atomic E-state index is 12.3. The van der Waals surface area contributed by atoms with E-state index in [2.05, 4.69) is 26.6 Å². The summed E-state index contributed by atoms with van der Waals surface area (Å²) in [7, 11) is 1.48. The largest absolute Gasteiger partial charge is 0.492 e. The monoisotopic (exact) mass is 416 g/mol. The van der Waals surface area contributed by atoms with Crippen LogP contribution in [0.25, 0.3) is 0 Å². The highest BCUT2D eigenvalue weighted by Crippen LogP contribution is 2.36. The maximum Gasteiger partial charge on any atom is 0.339 e. The number of urea groups is 1. The van der Waals surface area contributed by atoms with Gasteiger partial charge in [-0.2, -0.15) is 0 Å². The molecule has 1 aromatic carbocycles. The fourth-order valence-electron chi connectivity index (χ4n) is 1.85. The van der Waals surface area contributed by atoms with Crippen LogP contribution in [0.3, 0.4) is 0 Å². The molecule has 0 aliphatic rings. The van der Waals surface area contributed by atoms with Crippen molar-refractivity contribution >= 4 is 33.8 Å². The molecule has 1 rings (SSSR count). The lowest BCUT2D eigenvalue weighted by atomic mass is 10.2. The molecule has 1 atom stereocenters. The van der Waals surface area contributed by atoms with Crippen molar-refractivity contribution in [1.82, 2.24) is 10.6 Å². The van der Waals surface area contributed by atoms with E-state index in [0.29, 0.717) is 29.1 Å². The Kier molecular flexibility index (Phi) is 8.20. The first-order valence-corrected chi connectivity index (χ1v) is 8.43. The van der Waals surface area contributed by atoms with E-state index >= 15 is 0 Å². The molecule has 0 saturated carbocycles. The molecular formula is C16H21BrN2O6. The van der Waals surface area contributed by atoms with E-state index in [1.165, 1.54) is 26.2 Å². The fraction of sp³-hybridized carbons (Fsp3) is 0.438. The van der Waals surface area contributed by atoms with Crippen LogP contribution in [0.15, 0.2) is 16.6 Å². The van der Waals surface area contributed by atoms with Gasteiger partial charge in [-0.25, -0.2) is 9.59 Å². The summed E-state index contributed by atoms with van der Waals surface area (Å²) in [6.45, 7) is 5.63. The summed E-state index contributed by atoms with van der Waals surface area (Å²) < 4.78 is 16.3. The first-order valence-electron chi connectivity index (χ1n) is 7.63. The number of nitrogens with one attached hydrogen (secondary N) is 2. The maximum atomic E-state index is 12.3. The van der Waals surface area contributed by atoms with Crippen LogP contribution in [0.2, 0.25) is 0 Å². The molecule has 8 nitrogen and oxygen atoms in total. The predicted molar refractivity (Wildman–Crippen MR) is 94.0 cm³/mol. The number of methoxy groups -OCH3 is 1.